The lowest BCUT2D eigenvalue weighted by atomic mass is 10.2. The van der Waals surface area contributed by atoms with Crippen molar-refractivity contribution >= 4 is 27.6 Å². The summed E-state index contributed by atoms with van der Waals surface area (Å²) in [6.07, 6.45) is 0.175. The second-order valence-corrected chi connectivity index (χ2v) is 5.52. The van der Waals surface area contributed by atoms with E-state index in [1.807, 2.05) is 38.1 Å². The zero-order valence-corrected chi connectivity index (χ0v) is 12.1. The molecule has 2 amide bonds. The summed E-state index contributed by atoms with van der Waals surface area (Å²) in [5, 5.41) is 2.89. The van der Waals surface area contributed by atoms with Crippen LogP contribution in [0.2, 0.25) is 0 Å². The van der Waals surface area contributed by atoms with E-state index in [0.29, 0.717) is 13.1 Å². The van der Waals surface area contributed by atoms with Crippen LogP contribution in [-0.2, 0) is 4.74 Å². The number of amides is 2. The summed E-state index contributed by atoms with van der Waals surface area (Å²) in [5.74, 6) is 0. The van der Waals surface area contributed by atoms with Gasteiger partial charge in [-0.2, -0.15) is 0 Å². The van der Waals surface area contributed by atoms with Gasteiger partial charge in [0.15, 0.2) is 0 Å². The molecule has 0 bridgehead atoms. The molecule has 98 valence electrons. The second kappa shape index (κ2) is 5.71. The molecule has 0 aromatic heterocycles. The predicted molar refractivity (Wildman–Crippen MR) is 74.7 cm³/mol. The van der Waals surface area contributed by atoms with Crippen LogP contribution in [0.25, 0.3) is 0 Å². The van der Waals surface area contributed by atoms with E-state index >= 15 is 0 Å². The molecule has 2 atom stereocenters. The van der Waals surface area contributed by atoms with E-state index in [1.165, 1.54) is 0 Å². The SMILES string of the molecule is C[C@@H]1CN(C(=O)Nc2ccc(Br)cc2)C[C@H](C)O1. The Balaban J connectivity index is 1.97. The fraction of sp³-hybridized carbons (Fsp3) is 0.462. The largest absolute Gasteiger partial charge is 0.372 e. The van der Waals surface area contributed by atoms with E-state index in [0.717, 1.165) is 10.2 Å². The van der Waals surface area contributed by atoms with Crippen LogP contribution < -0.4 is 5.32 Å². The number of nitrogens with one attached hydrogen (secondary N) is 1. The van der Waals surface area contributed by atoms with Crippen molar-refractivity contribution in [3.8, 4) is 0 Å². The van der Waals surface area contributed by atoms with Crippen molar-refractivity contribution in [3.63, 3.8) is 0 Å². The molecular formula is C13H17BrN2O2. The smallest absolute Gasteiger partial charge is 0.322 e. The molecule has 0 saturated carbocycles. The molecule has 1 aliphatic rings. The topological polar surface area (TPSA) is 41.6 Å². The first-order valence-electron chi connectivity index (χ1n) is 6.01. The fourth-order valence-electron chi connectivity index (χ4n) is 2.08. The molecule has 0 unspecified atom stereocenters. The predicted octanol–water partition coefficient (Wildman–Crippen LogP) is 3.09. The quantitative estimate of drug-likeness (QED) is 0.865. The van der Waals surface area contributed by atoms with Gasteiger partial charge < -0.3 is 15.0 Å². The summed E-state index contributed by atoms with van der Waals surface area (Å²) in [6, 6.07) is 7.48. The molecule has 0 radical (unpaired) electrons. The molecule has 1 fully saturated rings. The van der Waals surface area contributed by atoms with E-state index in [2.05, 4.69) is 21.2 Å². The maximum Gasteiger partial charge on any atom is 0.322 e. The summed E-state index contributed by atoms with van der Waals surface area (Å²) >= 11 is 3.36. The van der Waals surface area contributed by atoms with Crippen LogP contribution in [0.1, 0.15) is 13.8 Å². The van der Waals surface area contributed by atoms with Crippen LogP contribution in [-0.4, -0.2) is 36.2 Å². The lowest BCUT2D eigenvalue weighted by Gasteiger charge is -2.35. The molecule has 1 aromatic rings. The van der Waals surface area contributed by atoms with Gasteiger partial charge in [-0.3, -0.25) is 0 Å². The normalized spacial score (nSPS) is 23.8. The van der Waals surface area contributed by atoms with Gasteiger partial charge in [-0.25, -0.2) is 4.79 Å². The first kappa shape index (κ1) is 13.4. The molecule has 1 aromatic carbocycles. The molecular weight excluding hydrogens is 296 g/mol. The first-order chi connectivity index (χ1) is 8.54. The van der Waals surface area contributed by atoms with E-state index in [-0.39, 0.29) is 18.2 Å². The Kier molecular flexibility index (Phi) is 4.24. The van der Waals surface area contributed by atoms with Crippen molar-refractivity contribution in [2.24, 2.45) is 0 Å². The number of rotatable bonds is 1. The Morgan fingerprint density at radius 3 is 2.39 bits per heavy atom. The van der Waals surface area contributed by atoms with Crippen molar-refractivity contribution in [1.29, 1.82) is 0 Å². The number of carbonyl (C=O) groups is 1. The summed E-state index contributed by atoms with van der Waals surface area (Å²) in [4.78, 5) is 13.9. The Hall–Kier alpha value is -1.07. The summed E-state index contributed by atoms with van der Waals surface area (Å²) in [7, 11) is 0. The van der Waals surface area contributed by atoms with Gasteiger partial charge >= 0.3 is 6.03 Å². The molecule has 1 aliphatic heterocycles. The van der Waals surface area contributed by atoms with E-state index in [9.17, 15) is 4.79 Å². The Labute approximate surface area is 115 Å². The highest BCUT2D eigenvalue weighted by Crippen LogP contribution is 2.16. The number of benzene rings is 1. The van der Waals surface area contributed by atoms with Crippen molar-refractivity contribution in [3.05, 3.63) is 28.7 Å². The van der Waals surface area contributed by atoms with E-state index < -0.39 is 0 Å². The fourth-order valence-corrected chi connectivity index (χ4v) is 2.34. The summed E-state index contributed by atoms with van der Waals surface area (Å²) in [5.41, 5.74) is 0.801. The third kappa shape index (κ3) is 3.46. The van der Waals surface area contributed by atoms with Crippen LogP contribution >= 0.6 is 15.9 Å². The number of anilines is 1. The Morgan fingerprint density at radius 1 is 1.28 bits per heavy atom. The van der Waals surface area contributed by atoms with Gasteiger partial charge in [-0.1, -0.05) is 15.9 Å². The van der Waals surface area contributed by atoms with Crippen LogP contribution in [0.4, 0.5) is 10.5 Å². The van der Waals surface area contributed by atoms with Gasteiger partial charge in [0.1, 0.15) is 0 Å². The molecule has 2 rings (SSSR count). The standard InChI is InChI=1S/C13H17BrN2O2/c1-9-7-16(8-10(2)18-9)13(17)15-12-5-3-11(14)4-6-12/h3-6,9-10H,7-8H2,1-2H3,(H,15,17)/t9-,10+. The minimum Gasteiger partial charge on any atom is -0.372 e. The first-order valence-corrected chi connectivity index (χ1v) is 6.81. The summed E-state index contributed by atoms with van der Waals surface area (Å²) in [6.45, 7) is 5.23. The minimum atomic E-state index is -0.0701. The van der Waals surface area contributed by atoms with Gasteiger partial charge in [0.2, 0.25) is 0 Å². The van der Waals surface area contributed by atoms with E-state index in [4.69, 9.17) is 4.74 Å². The van der Waals surface area contributed by atoms with Crippen LogP contribution in [0.3, 0.4) is 0 Å². The highest BCUT2D eigenvalue weighted by molar-refractivity contribution is 9.10. The molecule has 1 saturated heterocycles. The zero-order valence-electron chi connectivity index (χ0n) is 10.5. The van der Waals surface area contributed by atoms with Gasteiger partial charge in [0.25, 0.3) is 0 Å². The Morgan fingerprint density at radius 2 is 1.83 bits per heavy atom. The highest BCUT2D eigenvalue weighted by atomic mass is 79.9. The van der Waals surface area contributed by atoms with E-state index in [1.54, 1.807) is 4.90 Å². The number of ether oxygens (including phenoxy) is 1. The maximum absolute atomic E-state index is 12.1. The molecule has 5 heteroatoms. The maximum atomic E-state index is 12.1. The molecule has 18 heavy (non-hydrogen) atoms. The minimum absolute atomic E-state index is 0.0701. The third-order valence-electron chi connectivity index (χ3n) is 2.80. The van der Waals surface area contributed by atoms with Crippen molar-refractivity contribution in [2.75, 3.05) is 18.4 Å². The van der Waals surface area contributed by atoms with Crippen molar-refractivity contribution in [2.45, 2.75) is 26.1 Å². The van der Waals surface area contributed by atoms with Gasteiger partial charge in [0, 0.05) is 23.2 Å². The average molecular weight is 313 g/mol. The lowest BCUT2D eigenvalue weighted by molar-refractivity contribution is -0.0530. The molecule has 0 aliphatic carbocycles. The number of carbonyl (C=O) groups excluding carboxylic acids is 1. The Bertz CT molecular complexity index is 412. The highest BCUT2D eigenvalue weighted by Gasteiger charge is 2.25. The van der Waals surface area contributed by atoms with Crippen LogP contribution in [0, 0.1) is 0 Å². The number of hydrogen-bond acceptors (Lipinski definition) is 2. The summed E-state index contributed by atoms with van der Waals surface area (Å²) < 4.78 is 6.60. The number of halogens is 1. The zero-order chi connectivity index (χ0) is 13.1. The molecule has 1 heterocycles. The number of urea groups is 1. The number of morpholine rings is 1. The molecule has 1 N–H and O–H groups in total. The van der Waals surface area contributed by atoms with Gasteiger partial charge in [-0.15, -0.1) is 0 Å². The lowest BCUT2D eigenvalue weighted by Crippen LogP contribution is -2.49. The number of nitrogens with zero attached hydrogens (tertiary/aromatic N) is 1. The average Bonchev–Trinajstić information content (AvgIpc) is 2.31. The van der Waals surface area contributed by atoms with Gasteiger partial charge in [0.05, 0.1) is 12.2 Å². The van der Waals surface area contributed by atoms with Crippen LogP contribution in [0.5, 0.6) is 0 Å². The van der Waals surface area contributed by atoms with Crippen LogP contribution in [0.15, 0.2) is 28.7 Å². The third-order valence-corrected chi connectivity index (χ3v) is 3.33. The second-order valence-electron chi connectivity index (χ2n) is 4.60. The van der Waals surface area contributed by atoms with Crippen molar-refractivity contribution in [1.82, 2.24) is 4.90 Å². The van der Waals surface area contributed by atoms with Gasteiger partial charge in [-0.05, 0) is 38.1 Å². The molecule has 0 spiro atoms. The van der Waals surface area contributed by atoms with Crippen molar-refractivity contribution < 1.29 is 9.53 Å². The monoisotopic (exact) mass is 312 g/mol. The molecule has 4 nitrogen and oxygen atoms in total. The number of hydrogen-bond donors (Lipinski definition) is 1.